The van der Waals surface area contributed by atoms with Gasteiger partial charge >= 0.3 is 5.97 Å². The average Bonchev–Trinajstić information content (AvgIpc) is 2.54. The Balaban J connectivity index is 1.85. The van der Waals surface area contributed by atoms with Gasteiger partial charge < -0.3 is 10.1 Å². The molecule has 1 aromatic heterocycles. The fourth-order valence-electron chi connectivity index (χ4n) is 2.42. The normalized spacial score (nSPS) is 16.5. The van der Waals surface area contributed by atoms with Gasteiger partial charge in [0.2, 0.25) is 0 Å². The van der Waals surface area contributed by atoms with Gasteiger partial charge in [-0.1, -0.05) is 19.3 Å². The number of hydrogen-bond acceptors (Lipinski definition) is 5. The van der Waals surface area contributed by atoms with E-state index in [9.17, 15) is 14.9 Å². The van der Waals surface area contributed by atoms with Crippen molar-refractivity contribution in [3.8, 4) is 6.07 Å². The second-order valence-electron chi connectivity index (χ2n) is 5.12. The predicted molar refractivity (Wildman–Crippen MR) is 74.1 cm³/mol. The molecule has 1 aliphatic rings. The Morgan fingerprint density at radius 2 is 2.14 bits per heavy atom. The molecule has 1 saturated carbocycles. The van der Waals surface area contributed by atoms with E-state index < -0.39 is 24.0 Å². The number of pyridine rings is 1. The second-order valence-corrected chi connectivity index (χ2v) is 5.12. The molecule has 0 unspecified atom stereocenters. The fourth-order valence-corrected chi connectivity index (χ4v) is 2.42. The Hall–Kier alpha value is -2.42. The lowest BCUT2D eigenvalue weighted by Crippen LogP contribution is -2.50. The van der Waals surface area contributed by atoms with Crippen molar-refractivity contribution < 1.29 is 14.3 Å². The van der Waals surface area contributed by atoms with Crippen LogP contribution in [0.25, 0.3) is 0 Å². The van der Waals surface area contributed by atoms with Gasteiger partial charge in [-0.2, -0.15) is 5.26 Å². The first kappa shape index (κ1) is 15.0. The molecule has 21 heavy (non-hydrogen) atoms. The Labute approximate surface area is 123 Å². The van der Waals surface area contributed by atoms with Crippen LogP contribution in [0, 0.1) is 11.3 Å². The molecule has 1 N–H and O–H groups in total. The molecule has 2 rings (SSSR count). The van der Waals surface area contributed by atoms with E-state index in [1.807, 2.05) is 0 Å². The van der Waals surface area contributed by atoms with Crippen LogP contribution in [0.4, 0.5) is 0 Å². The number of amides is 1. The predicted octanol–water partition coefficient (Wildman–Crippen LogP) is 1.58. The molecule has 1 aliphatic carbocycles. The summed E-state index contributed by atoms with van der Waals surface area (Å²) in [5.41, 5.74) is -0.520. The molecular weight excluding hydrogens is 270 g/mol. The quantitative estimate of drug-likeness (QED) is 0.849. The monoisotopic (exact) mass is 287 g/mol. The van der Waals surface area contributed by atoms with Crippen LogP contribution in [0.2, 0.25) is 0 Å². The highest BCUT2D eigenvalue weighted by atomic mass is 16.5. The van der Waals surface area contributed by atoms with Gasteiger partial charge in [-0.3, -0.25) is 9.78 Å². The number of esters is 1. The molecule has 1 aromatic rings. The lowest BCUT2D eigenvalue weighted by molar-refractivity contribution is -0.125. The minimum absolute atomic E-state index is 0.290. The summed E-state index contributed by atoms with van der Waals surface area (Å²) in [4.78, 5) is 27.3. The molecule has 0 radical (unpaired) electrons. The van der Waals surface area contributed by atoms with E-state index in [-0.39, 0.29) is 5.56 Å². The zero-order valence-corrected chi connectivity index (χ0v) is 11.7. The molecule has 0 spiro atoms. The summed E-state index contributed by atoms with van der Waals surface area (Å²) in [6.07, 6.45) is 7.13. The van der Waals surface area contributed by atoms with Crippen molar-refractivity contribution in [2.24, 2.45) is 0 Å². The molecule has 110 valence electrons. The first-order valence-corrected chi connectivity index (χ1v) is 6.95. The van der Waals surface area contributed by atoms with Gasteiger partial charge in [0.05, 0.1) is 11.6 Å². The first-order chi connectivity index (χ1) is 10.2. The van der Waals surface area contributed by atoms with E-state index >= 15 is 0 Å². The first-order valence-electron chi connectivity index (χ1n) is 6.95. The van der Waals surface area contributed by atoms with Crippen molar-refractivity contribution >= 4 is 11.9 Å². The van der Waals surface area contributed by atoms with E-state index in [1.165, 1.54) is 6.20 Å². The summed E-state index contributed by atoms with van der Waals surface area (Å²) in [6, 6.07) is 5.36. The zero-order valence-electron chi connectivity index (χ0n) is 11.7. The number of carbonyl (C=O) groups excluding carboxylic acids is 2. The van der Waals surface area contributed by atoms with E-state index in [2.05, 4.69) is 16.4 Å². The van der Waals surface area contributed by atoms with Crippen LogP contribution >= 0.6 is 0 Å². The molecule has 1 heterocycles. The van der Waals surface area contributed by atoms with Gasteiger partial charge in [0.15, 0.2) is 6.61 Å². The minimum Gasteiger partial charge on any atom is -0.452 e. The van der Waals surface area contributed by atoms with Crippen LogP contribution in [0.15, 0.2) is 24.5 Å². The Kier molecular flexibility index (Phi) is 4.88. The number of aromatic nitrogens is 1. The summed E-state index contributed by atoms with van der Waals surface area (Å²) in [7, 11) is 0. The molecule has 0 aromatic carbocycles. The maximum absolute atomic E-state index is 11.9. The number of nitriles is 1. The third kappa shape index (κ3) is 4.02. The van der Waals surface area contributed by atoms with E-state index in [4.69, 9.17) is 4.74 Å². The smallest absolute Gasteiger partial charge is 0.340 e. The summed E-state index contributed by atoms with van der Waals surface area (Å²) >= 11 is 0. The SMILES string of the molecule is N#CC1(NC(=O)COC(=O)c2cccnc2)CCCCC1. The van der Waals surface area contributed by atoms with Crippen molar-refractivity contribution in [2.75, 3.05) is 6.61 Å². The second kappa shape index (κ2) is 6.84. The van der Waals surface area contributed by atoms with E-state index in [0.717, 1.165) is 19.3 Å². The molecule has 1 fully saturated rings. The third-order valence-electron chi connectivity index (χ3n) is 3.53. The zero-order chi connectivity index (χ0) is 15.1. The highest BCUT2D eigenvalue weighted by molar-refractivity contribution is 5.91. The molecule has 0 aliphatic heterocycles. The molecule has 1 amide bonds. The Bertz CT molecular complexity index is 545. The van der Waals surface area contributed by atoms with Crippen LogP contribution in [0.3, 0.4) is 0 Å². The van der Waals surface area contributed by atoms with E-state index in [0.29, 0.717) is 12.8 Å². The van der Waals surface area contributed by atoms with Crippen LogP contribution in [-0.2, 0) is 9.53 Å². The molecule has 6 heteroatoms. The van der Waals surface area contributed by atoms with Gasteiger partial charge in [-0.15, -0.1) is 0 Å². The van der Waals surface area contributed by atoms with Crippen LogP contribution in [0.5, 0.6) is 0 Å². The van der Waals surface area contributed by atoms with Crippen molar-refractivity contribution in [3.05, 3.63) is 30.1 Å². The standard InChI is InChI=1S/C15H17N3O3/c16-11-15(6-2-1-3-7-15)18-13(19)10-21-14(20)12-5-4-8-17-9-12/h4-5,8-9H,1-3,6-7,10H2,(H,18,19). The lowest BCUT2D eigenvalue weighted by atomic mass is 9.83. The van der Waals surface area contributed by atoms with Gasteiger partial charge in [0.25, 0.3) is 5.91 Å². The molecule has 0 atom stereocenters. The fraction of sp³-hybridized carbons (Fsp3) is 0.467. The largest absolute Gasteiger partial charge is 0.452 e. The minimum atomic E-state index is -0.809. The maximum atomic E-state index is 11.9. The molecule has 0 bridgehead atoms. The number of carbonyl (C=O) groups is 2. The molecular formula is C15H17N3O3. The summed E-state index contributed by atoms with van der Waals surface area (Å²) in [5, 5.41) is 12.0. The summed E-state index contributed by atoms with van der Waals surface area (Å²) in [5.74, 6) is -1.05. The van der Waals surface area contributed by atoms with Gasteiger partial charge in [-0.05, 0) is 25.0 Å². The third-order valence-corrected chi connectivity index (χ3v) is 3.53. The summed E-state index contributed by atoms with van der Waals surface area (Å²) < 4.78 is 4.92. The number of nitrogens with zero attached hydrogens (tertiary/aromatic N) is 2. The maximum Gasteiger partial charge on any atom is 0.340 e. The summed E-state index contributed by atoms with van der Waals surface area (Å²) in [6.45, 7) is -0.392. The number of nitrogens with one attached hydrogen (secondary N) is 1. The lowest BCUT2D eigenvalue weighted by Gasteiger charge is -2.31. The molecule has 0 saturated heterocycles. The Morgan fingerprint density at radius 1 is 1.38 bits per heavy atom. The van der Waals surface area contributed by atoms with Gasteiger partial charge in [0, 0.05) is 12.4 Å². The topological polar surface area (TPSA) is 92.1 Å². The number of hydrogen-bond donors (Lipinski definition) is 1. The van der Waals surface area contributed by atoms with Crippen LogP contribution < -0.4 is 5.32 Å². The number of ether oxygens (including phenoxy) is 1. The number of rotatable bonds is 4. The van der Waals surface area contributed by atoms with Gasteiger partial charge in [-0.25, -0.2) is 4.79 Å². The average molecular weight is 287 g/mol. The van der Waals surface area contributed by atoms with Crippen molar-refractivity contribution in [1.29, 1.82) is 5.26 Å². The molecule has 6 nitrogen and oxygen atoms in total. The van der Waals surface area contributed by atoms with Gasteiger partial charge in [0.1, 0.15) is 5.54 Å². The highest BCUT2D eigenvalue weighted by Crippen LogP contribution is 2.27. The highest BCUT2D eigenvalue weighted by Gasteiger charge is 2.33. The van der Waals surface area contributed by atoms with Crippen LogP contribution in [0.1, 0.15) is 42.5 Å². The van der Waals surface area contributed by atoms with Crippen molar-refractivity contribution in [3.63, 3.8) is 0 Å². The Morgan fingerprint density at radius 3 is 2.76 bits per heavy atom. The van der Waals surface area contributed by atoms with E-state index in [1.54, 1.807) is 18.3 Å². The van der Waals surface area contributed by atoms with Crippen molar-refractivity contribution in [2.45, 2.75) is 37.6 Å². The van der Waals surface area contributed by atoms with Crippen molar-refractivity contribution in [1.82, 2.24) is 10.3 Å². The van der Waals surface area contributed by atoms with Crippen LogP contribution in [-0.4, -0.2) is 29.0 Å².